The Morgan fingerprint density at radius 2 is 1.73 bits per heavy atom. The van der Waals surface area contributed by atoms with Crippen LogP contribution >= 0.6 is 23.2 Å². The highest BCUT2D eigenvalue weighted by Gasteiger charge is 2.25. The predicted octanol–water partition coefficient (Wildman–Crippen LogP) is 1.20. The molecule has 0 aliphatic heterocycles. The molecule has 0 fully saturated rings. The van der Waals surface area contributed by atoms with Gasteiger partial charge in [0, 0.05) is 13.1 Å². The molecule has 3 aromatic rings. The van der Waals surface area contributed by atoms with Crippen LogP contribution in [0.2, 0.25) is 10.0 Å². The molecule has 14 nitrogen and oxygen atoms in total. The van der Waals surface area contributed by atoms with Crippen molar-refractivity contribution < 1.29 is 19.0 Å². The van der Waals surface area contributed by atoms with Gasteiger partial charge in [-0.3, -0.25) is 14.3 Å². The number of aryl methyl sites for hydroxylation is 1. The van der Waals surface area contributed by atoms with Crippen molar-refractivity contribution >= 4 is 40.8 Å². The lowest BCUT2D eigenvalue weighted by Gasteiger charge is -2.05. The normalized spacial score (nSPS) is 10.9. The van der Waals surface area contributed by atoms with E-state index >= 15 is 0 Å². The number of nitrogens with one attached hydrogen (secondary N) is 2. The minimum absolute atomic E-state index is 0.0777. The van der Waals surface area contributed by atoms with Crippen molar-refractivity contribution in [3.05, 3.63) is 49.0 Å². The SMILES string of the molecule is Cc1nn(Cc2noc(C(=O)NCCNC(=O)Cn3nc([N+](=O)[O-])c(Cl)c3C)n2)c(C)c1Cl. The van der Waals surface area contributed by atoms with E-state index < -0.39 is 22.6 Å². The fraction of sp³-hybridized carbons (Fsp3) is 0.412. The van der Waals surface area contributed by atoms with Gasteiger partial charge < -0.3 is 25.3 Å². The molecule has 2 amide bonds. The molecule has 0 bridgehead atoms. The number of hydrogen-bond acceptors (Lipinski definition) is 9. The van der Waals surface area contributed by atoms with Gasteiger partial charge in [-0.2, -0.15) is 14.8 Å². The van der Waals surface area contributed by atoms with E-state index in [0.717, 1.165) is 10.4 Å². The van der Waals surface area contributed by atoms with Crippen LogP contribution in [0, 0.1) is 30.9 Å². The van der Waals surface area contributed by atoms with E-state index in [9.17, 15) is 19.7 Å². The van der Waals surface area contributed by atoms with Crippen LogP contribution in [0.3, 0.4) is 0 Å². The number of hydrogen-bond donors (Lipinski definition) is 2. The lowest BCUT2D eigenvalue weighted by Crippen LogP contribution is -2.36. The minimum Gasteiger partial charge on any atom is -0.358 e. The molecular weight excluding hydrogens is 481 g/mol. The summed E-state index contributed by atoms with van der Waals surface area (Å²) in [6.07, 6.45) is 0. The van der Waals surface area contributed by atoms with E-state index in [4.69, 9.17) is 27.7 Å². The Bertz CT molecular complexity index is 1220. The first-order chi connectivity index (χ1) is 15.6. The molecule has 0 aliphatic rings. The van der Waals surface area contributed by atoms with Crippen molar-refractivity contribution in [1.82, 2.24) is 40.3 Å². The van der Waals surface area contributed by atoms with Crippen LogP contribution in [0.1, 0.15) is 33.6 Å². The van der Waals surface area contributed by atoms with Crippen molar-refractivity contribution in [2.45, 2.75) is 33.9 Å². The molecule has 0 radical (unpaired) electrons. The first-order valence-electron chi connectivity index (χ1n) is 9.52. The largest absolute Gasteiger partial charge is 0.408 e. The average Bonchev–Trinajstić information content (AvgIpc) is 3.41. The molecule has 16 heteroatoms. The Kier molecular flexibility index (Phi) is 7.28. The quantitative estimate of drug-likeness (QED) is 0.248. The maximum absolute atomic E-state index is 12.2. The summed E-state index contributed by atoms with van der Waals surface area (Å²) >= 11 is 11.9. The predicted molar refractivity (Wildman–Crippen MR) is 114 cm³/mol. The highest BCUT2D eigenvalue weighted by molar-refractivity contribution is 6.33. The first kappa shape index (κ1) is 24.1. The Labute approximate surface area is 196 Å². The van der Waals surface area contributed by atoms with Crippen LogP contribution in [-0.4, -0.2) is 59.5 Å². The average molecular weight is 500 g/mol. The summed E-state index contributed by atoms with van der Waals surface area (Å²) in [5.74, 6) is -1.59. The number of nitro groups is 1. The highest BCUT2D eigenvalue weighted by Crippen LogP contribution is 2.26. The molecular formula is C17H19Cl2N9O5. The van der Waals surface area contributed by atoms with Gasteiger partial charge in [0.15, 0.2) is 10.8 Å². The Hall–Kier alpha value is -3.52. The first-order valence-corrected chi connectivity index (χ1v) is 10.3. The monoisotopic (exact) mass is 499 g/mol. The van der Waals surface area contributed by atoms with Gasteiger partial charge in [0.2, 0.25) is 5.91 Å². The van der Waals surface area contributed by atoms with Gasteiger partial charge in [-0.1, -0.05) is 28.4 Å². The number of aromatic nitrogens is 6. The van der Waals surface area contributed by atoms with Gasteiger partial charge in [0.05, 0.1) is 27.2 Å². The lowest BCUT2D eigenvalue weighted by atomic mass is 10.4. The molecule has 0 spiro atoms. The van der Waals surface area contributed by atoms with Gasteiger partial charge in [-0.15, -0.1) is 0 Å². The number of carbonyl (C=O) groups excluding carboxylic acids is 2. The van der Waals surface area contributed by atoms with Crippen molar-refractivity contribution in [3.8, 4) is 0 Å². The van der Waals surface area contributed by atoms with Crippen LogP contribution < -0.4 is 10.6 Å². The second kappa shape index (κ2) is 9.95. The zero-order chi connectivity index (χ0) is 24.3. The summed E-state index contributed by atoms with van der Waals surface area (Å²) < 4.78 is 7.69. The van der Waals surface area contributed by atoms with Gasteiger partial charge in [0.25, 0.3) is 0 Å². The maximum Gasteiger partial charge on any atom is 0.408 e. The smallest absolute Gasteiger partial charge is 0.358 e. The van der Waals surface area contributed by atoms with Crippen LogP contribution in [0.5, 0.6) is 0 Å². The summed E-state index contributed by atoms with van der Waals surface area (Å²) in [4.78, 5) is 38.4. The van der Waals surface area contributed by atoms with Crippen LogP contribution in [-0.2, 0) is 17.9 Å². The number of amides is 2. The molecule has 0 aliphatic carbocycles. The Morgan fingerprint density at radius 1 is 1.06 bits per heavy atom. The molecule has 0 saturated carbocycles. The molecule has 176 valence electrons. The van der Waals surface area contributed by atoms with E-state index in [-0.39, 0.29) is 42.9 Å². The van der Waals surface area contributed by atoms with Gasteiger partial charge in [-0.05, 0) is 25.7 Å². The maximum atomic E-state index is 12.2. The molecule has 0 unspecified atom stereocenters. The zero-order valence-corrected chi connectivity index (χ0v) is 19.3. The standard InChI is InChI=1S/C17H19Cl2N9O5/c1-8-13(18)9(2)26(23-8)6-11-22-17(33-25-11)16(30)21-5-4-20-12(29)7-27-10(3)14(19)15(24-27)28(31)32/h4-7H2,1-3H3,(H,20,29)(H,21,30). The van der Waals surface area contributed by atoms with Gasteiger partial charge in [-0.25, -0.2) is 0 Å². The van der Waals surface area contributed by atoms with Gasteiger partial charge in [0.1, 0.15) is 13.1 Å². The topological polar surface area (TPSA) is 176 Å². The molecule has 3 aromatic heterocycles. The third-order valence-electron chi connectivity index (χ3n) is 4.56. The van der Waals surface area contributed by atoms with Crippen molar-refractivity contribution in [1.29, 1.82) is 0 Å². The Balaban J connectivity index is 1.45. The van der Waals surface area contributed by atoms with Crippen LogP contribution in [0.25, 0.3) is 0 Å². The lowest BCUT2D eigenvalue weighted by molar-refractivity contribution is -0.389. The number of halogens is 2. The van der Waals surface area contributed by atoms with E-state index in [1.807, 2.05) is 0 Å². The molecule has 0 saturated heterocycles. The highest BCUT2D eigenvalue weighted by atomic mass is 35.5. The summed E-state index contributed by atoms with van der Waals surface area (Å²) in [6, 6.07) is 0. The molecule has 33 heavy (non-hydrogen) atoms. The molecule has 0 aromatic carbocycles. The van der Waals surface area contributed by atoms with Crippen molar-refractivity contribution in [2.75, 3.05) is 13.1 Å². The van der Waals surface area contributed by atoms with E-state index in [1.165, 1.54) is 6.92 Å². The summed E-state index contributed by atoms with van der Waals surface area (Å²) in [6.45, 7) is 5.17. The van der Waals surface area contributed by atoms with Crippen molar-refractivity contribution in [3.63, 3.8) is 0 Å². The number of rotatable bonds is 9. The zero-order valence-electron chi connectivity index (χ0n) is 17.8. The third-order valence-corrected chi connectivity index (χ3v) is 5.55. The molecule has 3 rings (SSSR count). The molecule has 3 heterocycles. The third kappa shape index (κ3) is 5.46. The fourth-order valence-corrected chi connectivity index (χ4v) is 3.14. The van der Waals surface area contributed by atoms with Gasteiger partial charge >= 0.3 is 17.6 Å². The summed E-state index contributed by atoms with van der Waals surface area (Å²) in [5.41, 5.74) is 1.70. The van der Waals surface area contributed by atoms with E-state index in [1.54, 1.807) is 18.5 Å². The number of nitrogens with zero attached hydrogens (tertiary/aromatic N) is 7. The fourth-order valence-electron chi connectivity index (χ4n) is 2.80. The number of carbonyl (C=O) groups is 2. The van der Waals surface area contributed by atoms with E-state index in [0.29, 0.717) is 16.4 Å². The van der Waals surface area contributed by atoms with Crippen LogP contribution in [0.4, 0.5) is 5.82 Å². The Morgan fingerprint density at radius 3 is 2.33 bits per heavy atom. The molecule has 2 N–H and O–H groups in total. The summed E-state index contributed by atoms with van der Waals surface area (Å²) in [5, 5.41) is 28.1. The molecule has 0 atom stereocenters. The minimum atomic E-state index is -0.728. The van der Waals surface area contributed by atoms with Crippen LogP contribution in [0.15, 0.2) is 4.52 Å². The van der Waals surface area contributed by atoms with Crippen molar-refractivity contribution in [2.24, 2.45) is 0 Å². The second-order valence-corrected chi connectivity index (χ2v) is 7.66. The second-order valence-electron chi connectivity index (χ2n) is 6.90. The van der Waals surface area contributed by atoms with E-state index in [2.05, 4.69) is 31.0 Å². The summed E-state index contributed by atoms with van der Waals surface area (Å²) in [7, 11) is 0.